The van der Waals surface area contributed by atoms with E-state index in [9.17, 15) is 9.59 Å². The Morgan fingerprint density at radius 2 is 1.33 bits per heavy atom. The van der Waals surface area contributed by atoms with Crippen molar-refractivity contribution in [2.45, 2.75) is 246 Å². The first kappa shape index (κ1) is 63.4. The lowest BCUT2D eigenvalue weighted by molar-refractivity contribution is -0.149. The van der Waals surface area contributed by atoms with Gasteiger partial charge in [0.15, 0.2) is 36.5 Å². The van der Waals surface area contributed by atoms with Crippen molar-refractivity contribution in [1.82, 2.24) is 0 Å². The second-order valence-electron chi connectivity index (χ2n) is 20.9. The van der Waals surface area contributed by atoms with Gasteiger partial charge in [-0.05, 0) is 155 Å². The van der Waals surface area contributed by atoms with Crippen LogP contribution in [0.25, 0.3) is 0 Å². The summed E-state index contributed by atoms with van der Waals surface area (Å²) in [6, 6.07) is 16.2. The lowest BCUT2D eigenvalue weighted by Gasteiger charge is -2.45. The highest BCUT2D eigenvalue weighted by Gasteiger charge is 2.46. The molecule has 0 fully saturated rings. The Morgan fingerprint density at radius 3 is 1.87 bits per heavy atom. The number of hydrogen-bond donors (Lipinski definition) is 0. The summed E-state index contributed by atoms with van der Waals surface area (Å²) in [6.07, 6.45) is 9.60. The zero-order valence-electron chi connectivity index (χ0n) is 47.2. The summed E-state index contributed by atoms with van der Waals surface area (Å²) in [6.45, 7) is 37.3. The van der Waals surface area contributed by atoms with Crippen LogP contribution in [0.3, 0.4) is 0 Å². The molecule has 2 rings (SSSR count). The molecule has 12 heteroatoms. The van der Waals surface area contributed by atoms with Crippen molar-refractivity contribution in [1.29, 1.82) is 0 Å². The van der Waals surface area contributed by atoms with E-state index in [4.69, 9.17) is 27.5 Å². The van der Waals surface area contributed by atoms with Gasteiger partial charge in [0.1, 0.15) is 11.9 Å². The summed E-state index contributed by atoms with van der Waals surface area (Å²) >= 11 is 0. The summed E-state index contributed by atoms with van der Waals surface area (Å²) < 4.78 is 41.3. The van der Waals surface area contributed by atoms with Crippen molar-refractivity contribution < 1.29 is 41.9 Å². The molecule has 0 amide bonds. The Balaban J connectivity index is 3.01. The van der Waals surface area contributed by atoms with Gasteiger partial charge in [0, 0.05) is 24.8 Å². The molecule has 1 aromatic carbocycles. The highest BCUT2D eigenvalue weighted by Crippen LogP contribution is 2.40. The third kappa shape index (κ3) is 19.6. The van der Waals surface area contributed by atoms with Crippen LogP contribution < -0.4 is 4.74 Å². The molecule has 0 saturated carbocycles. The molecule has 0 saturated heterocycles. The second kappa shape index (κ2) is 31.1. The monoisotopic (exact) mass is 1020 g/mol. The number of ether oxygens (including phenoxy) is 3. The van der Waals surface area contributed by atoms with Gasteiger partial charge in [0.25, 0.3) is 0 Å². The van der Waals surface area contributed by atoms with E-state index < -0.39 is 55.0 Å². The minimum Gasteiger partial charge on any atom is -0.497 e. The maximum Gasteiger partial charge on any atom is 0.333 e. The smallest absolute Gasteiger partial charge is 0.333 e. The number of Topliss-reactive ketones (excluding diaryl/α,β-unsaturated/α-hetero) is 1. The van der Waals surface area contributed by atoms with Gasteiger partial charge in [-0.2, -0.15) is 0 Å². The molecule has 1 aliphatic heterocycles. The van der Waals surface area contributed by atoms with E-state index in [1.165, 1.54) is 0 Å². The molecule has 0 aliphatic carbocycles. The quantitative estimate of drug-likeness (QED) is 0.0989. The maximum absolute atomic E-state index is 15.8. The van der Waals surface area contributed by atoms with Crippen LogP contribution in [0.1, 0.15) is 161 Å². The van der Waals surface area contributed by atoms with Crippen LogP contribution in [0, 0.1) is 11.8 Å². The minimum atomic E-state index is -2.36. The number of benzene rings is 1. The third-order valence-electron chi connectivity index (χ3n) is 16.0. The molecule has 0 aromatic heterocycles. The van der Waals surface area contributed by atoms with Gasteiger partial charge in [-0.15, -0.1) is 0 Å². The van der Waals surface area contributed by atoms with Crippen LogP contribution in [0.4, 0.5) is 0 Å². The van der Waals surface area contributed by atoms with Gasteiger partial charge in [-0.3, -0.25) is 9.59 Å². The molecule has 7 atom stereocenters. The third-order valence-corrected chi connectivity index (χ3v) is 30.1. The van der Waals surface area contributed by atoms with Gasteiger partial charge in [0.05, 0.1) is 37.6 Å². The van der Waals surface area contributed by atoms with E-state index in [1.54, 1.807) is 20.1 Å². The normalized spacial score (nSPS) is 27.3. The largest absolute Gasteiger partial charge is 0.497 e. The number of allylic oxidation sites excluding steroid dienone is 5. The standard InChI is InChI=1S/C58H100O9Si3/c1-18-68(19-2,20-3)65-53-41-54(60)56(63-43-50-34-36-52(62-17)37-35-50)55(66-69(21-4,22-5)23-6)47(13)40-49(15)64-57(61)46(12)31-27-28-32-51(59)33-29-30-44(10)38-45(11)39-48(14)58(16,42-53)67-70(24-7,25-8)26-9/h29,31,33-37,39,44,47,49,53,55-56H,11,18-28,30,32,38,40-43H2,1-10,12-17H3/b33-29+,46-31+,48-39+/t44-,47+,49-,53+,55-,56-,58+/m0/s1. The van der Waals surface area contributed by atoms with Gasteiger partial charge >= 0.3 is 5.97 Å². The maximum atomic E-state index is 15.8. The minimum absolute atomic E-state index is 0.0450. The molecule has 0 spiro atoms. The second-order valence-corrected chi connectivity index (χ2v) is 35.1. The van der Waals surface area contributed by atoms with E-state index in [-0.39, 0.29) is 42.4 Å². The molecule has 398 valence electrons. The first-order chi connectivity index (χ1) is 33.1. The number of cyclic esters (lactones) is 1. The fraction of sp³-hybridized carbons (Fsp3) is 0.707. The predicted molar refractivity (Wildman–Crippen MR) is 299 cm³/mol. The number of carbonyl (C=O) groups is 3. The lowest BCUT2D eigenvalue weighted by Crippen LogP contribution is -2.53. The van der Waals surface area contributed by atoms with Crippen LogP contribution in [0.15, 0.2) is 71.9 Å². The fourth-order valence-corrected chi connectivity index (χ4v) is 19.2. The van der Waals surface area contributed by atoms with Gasteiger partial charge in [-0.1, -0.05) is 119 Å². The molecule has 1 aromatic rings. The number of esters is 1. The van der Waals surface area contributed by atoms with Crippen molar-refractivity contribution in [3.8, 4) is 5.75 Å². The van der Waals surface area contributed by atoms with Crippen LogP contribution >= 0.6 is 0 Å². The predicted octanol–water partition coefficient (Wildman–Crippen LogP) is 15.6. The summed E-state index contributed by atoms with van der Waals surface area (Å²) in [5.74, 6) is 0.449. The molecular weight excluding hydrogens is 925 g/mol. The van der Waals surface area contributed by atoms with Gasteiger partial charge in [0.2, 0.25) is 0 Å². The topological polar surface area (TPSA) is 107 Å². The summed E-state index contributed by atoms with van der Waals surface area (Å²) in [4.78, 5) is 42.2. The van der Waals surface area contributed by atoms with Crippen molar-refractivity contribution in [2.24, 2.45) is 11.8 Å². The Bertz CT molecular complexity index is 1820. The van der Waals surface area contributed by atoms with Gasteiger partial charge < -0.3 is 27.5 Å². The average molecular weight is 1030 g/mol. The van der Waals surface area contributed by atoms with E-state index >= 15 is 4.79 Å². The van der Waals surface area contributed by atoms with Crippen molar-refractivity contribution in [2.75, 3.05) is 7.11 Å². The highest BCUT2D eigenvalue weighted by molar-refractivity contribution is 6.74. The Kier molecular flexibility index (Phi) is 28.2. The first-order valence-corrected chi connectivity index (χ1v) is 35.0. The van der Waals surface area contributed by atoms with Crippen LogP contribution in [0.2, 0.25) is 54.4 Å². The molecule has 70 heavy (non-hydrogen) atoms. The van der Waals surface area contributed by atoms with Crippen LogP contribution in [0.5, 0.6) is 5.75 Å². The zero-order chi connectivity index (χ0) is 52.7. The molecule has 0 radical (unpaired) electrons. The van der Waals surface area contributed by atoms with Crippen molar-refractivity contribution in [3.05, 3.63) is 77.4 Å². The molecule has 0 N–H and O–H groups in total. The molecule has 1 heterocycles. The van der Waals surface area contributed by atoms with Crippen molar-refractivity contribution >= 4 is 42.5 Å². The first-order valence-electron chi connectivity index (χ1n) is 27.4. The van der Waals surface area contributed by atoms with E-state index in [1.807, 2.05) is 43.3 Å². The molecule has 0 bridgehead atoms. The van der Waals surface area contributed by atoms with Crippen LogP contribution in [-0.2, 0) is 43.7 Å². The molecular formula is C58H100O9Si3. The Morgan fingerprint density at radius 1 is 0.771 bits per heavy atom. The Labute approximate surface area is 430 Å². The lowest BCUT2D eigenvalue weighted by atomic mass is 9.85. The van der Waals surface area contributed by atoms with Crippen LogP contribution in [-0.4, -0.2) is 79.6 Å². The SMILES string of the molecule is C=C1/C=C(\C)[C@](C)(O[Si](CC)(CC)CC)C[C@H](O[Si](CC)(CC)CC)CC(=O)[C@H](OCc2ccc(OC)cc2)[C@@H](O[Si](CC)(CC)CC)[C@H](C)C[C@H](C)OC(=O)/C(C)=C/CCCC(=O)/C=C/C[C@H](C)C1. The zero-order valence-corrected chi connectivity index (χ0v) is 50.2. The number of ketones is 2. The molecule has 9 nitrogen and oxygen atoms in total. The number of methoxy groups -OCH3 is 1. The highest BCUT2D eigenvalue weighted by atomic mass is 28.4. The summed E-state index contributed by atoms with van der Waals surface area (Å²) in [7, 11) is -5.25. The summed E-state index contributed by atoms with van der Waals surface area (Å²) in [5, 5.41) is 0. The average Bonchev–Trinajstić information content (AvgIpc) is 3.34. The molecule has 0 unspecified atom stereocenters. The number of carbonyl (C=O) groups excluding carboxylic acids is 3. The van der Waals surface area contributed by atoms with E-state index in [0.29, 0.717) is 37.7 Å². The molecule has 1 aliphatic rings. The van der Waals surface area contributed by atoms with Crippen molar-refractivity contribution in [3.63, 3.8) is 0 Å². The Hall–Kier alpha value is -2.72. The van der Waals surface area contributed by atoms with Gasteiger partial charge in [-0.25, -0.2) is 4.79 Å². The number of rotatable bonds is 19. The van der Waals surface area contributed by atoms with E-state index in [0.717, 1.165) is 89.7 Å². The number of hydrogen-bond acceptors (Lipinski definition) is 9. The summed E-state index contributed by atoms with van der Waals surface area (Å²) in [5.41, 5.74) is 2.79. The van der Waals surface area contributed by atoms with E-state index in [2.05, 4.69) is 103 Å². The fourth-order valence-electron chi connectivity index (χ4n) is 10.3.